The van der Waals surface area contributed by atoms with Gasteiger partial charge in [-0.25, -0.2) is 4.39 Å². The Morgan fingerprint density at radius 2 is 1.80 bits per heavy atom. The van der Waals surface area contributed by atoms with Gasteiger partial charge in [0.1, 0.15) is 5.82 Å². The van der Waals surface area contributed by atoms with Gasteiger partial charge in [-0.05, 0) is 47.9 Å². The molecule has 2 aromatic heterocycles. The number of carbonyl (C=O) groups excluding carboxylic acids is 1. The second kappa shape index (κ2) is 9.13. The summed E-state index contributed by atoms with van der Waals surface area (Å²) in [7, 11) is 0. The molecule has 0 saturated heterocycles. The Morgan fingerprint density at radius 3 is 2.53 bits per heavy atom. The number of nitrogens with one attached hydrogen (secondary N) is 2. The van der Waals surface area contributed by atoms with Crippen molar-refractivity contribution < 1.29 is 13.7 Å². The van der Waals surface area contributed by atoms with Gasteiger partial charge in [-0.2, -0.15) is 10.1 Å². The number of aromatic amines is 1. The van der Waals surface area contributed by atoms with Crippen LogP contribution in [0.15, 0.2) is 65.3 Å². The van der Waals surface area contributed by atoms with Gasteiger partial charge < -0.3 is 9.84 Å². The van der Waals surface area contributed by atoms with Gasteiger partial charge in [-0.1, -0.05) is 29.4 Å². The van der Waals surface area contributed by atoms with E-state index in [1.54, 1.807) is 18.3 Å². The minimum atomic E-state index is -0.317. The molecular weight excluding hydrogens is 385 g/mol. The molecule has 0 aliphatic carbocycles. The first-order valence-corrected chi connectivity index (χ1v) is 9.61. The SMILES string of the molecule is O=C(CCCc1nc(-c2ccc(F)cc2)no1)NCc1ccc(-c2ccn[nH]2)cc1. The second-order valence-corrected chi connectivity index (χ2v) is 6.82. The van der Waals surface area contributed by atoms with Crippen molar-refractivity contribution in [3.8, 4) is 22.6 Å². The summed E-state index contributed by atoms with van der Waals surface area (Å²) in [4.78, 5) is 16.4. The Balaban J connectivity index is 1.20. The molecule has 4 aromatic rings. The molecule has 30 heavy (non-hydrogen) atoms. The highest BCUT2D eigenvalue weighted by Gasteiger charge is 2.10. The van der Waals surface area contributed by atoms with Gasteiger partial charge >= 0.3 is 0 Å². The van der Waals surface area contributed by atoms with Crippen LogP contribution in [0.5, 0.6) is 0 Å². The molecule has 0 saturated carbocycles. The van der Waals surface area contributed by atoms with Gasteiger partial charge in [0.05, 0.1) is 5.69 Å². The predicted molar refractivity (Wildman–Crippen MR) is 109 cm³/mol. The first kappa shape index (κ1) is 19.5. The number of aromatic nitrogens is 4. The summed E-state index contributed by atoms with van der Waals surface area (Å²) in [5.74, 6) is 0.512. The lowest BCUT2D eigenvalue weighted by Gasteiger charge is -2.06. The third kappa shape index (κ3) is 4.96. The Kier molecular flexibility index (Phi) is 5.93. The van der Waals surface area contributed by atoms with Gasteiger partial charge in [0.15, 0.2) is 0 Å². The summed E-state index contributed by atoms with van der Waals surface area (Å²) in [5, 5.41) is 13.7. The monoisotopic (exact) mass is 405 g/mol. The zero-order valence-electron chi connectivity index (χ0n) is 16.1. The maximum atomic E-state index is 13.0. The molecular formula is C22H20FN5O2. The smallest absolute Gasteiger partial charge is 0.226 e. The predicted octanol–water partition coefficient (Wildman–Crippen LogP) is 3.90. The maximum absolute atomic E-state index is 13.0. The molecule has 0 atom stereocenters. The van der Waals surface area contributed by atoms with E-state index in [4.69, 9.17) is 4.52 Å². The van der Waals surface area contributed by atoms with Crippen LogP contribution in [0.1, 0.15) is 24.3 Å². The van der Waals surface area contributed by atoms with E-state index in [9.17, 15) is 9.18 Å². The van der Waals surface area contributed by atoms with Gasteiger partial charge in [-0.15, -0.1) is 0 Å². The lowest BCUT2D eigenvalue weighted by molar-refractivity contribution is -0.121. The van der Waals surface area contributed by atoms with Crippen molar-refractivity contribution in [2.75, 3.05) is 0 Å². The van der Waals surface area contributed by atoms with Crippen molar-refractivity contribution in [2.45, 2.75) is 25.8 Å². The molecule has 7 nitrogen and oxygen atoms in total. The van der Waals surface area contributed by atoms with Crippen LogP contribution in [0, 0.1) is 5.82 Å². The molecule has 4 rings (SSSR count). The van der Waals surface area contributed by atoms with Crippen molar-refractivity contribution in [3.63, 3.8) is 0 Å². The van der Waals surface area contributed by atoms with Gasteiger partial charge in [0.2, 0.25) is 17.6 Å². The molecule has 0 bridgehead atoms. The van der Waals surface area contributed by atoms with Crippen LogP contribution in [0.25, 0.3) is 22.6 Å². The zero-order chi connectivity index (χ0) is 20.8. The Morgan fingerprint density at radius 1 is 1.03 bits per heavy atom. The third-order valence-electron chi connectivity index (χ3n) is 4.62. The van der Waals surface area contributed by atoms with E-state index in [1.165, 1.54) is 12.1 Å². The highest BCUT2D eigenvalue weighted by molar-refractivity contribution is 5.75. The van der Waals surface area contributed by atoms with Crippen LogP contribution in [-0.2, 0) is 17.8 Å². The first-order valence-electron chi connectivity index (χ1n) is 9.61. The number of amides is 1. The Labute approximate surface area is 172 Å². The molecule has 1 amide bonds. The number of rotatable bonds is 8. The van der Waals surface area contributed by atoms with Crippen LogP contribution in [-0.4, -0.2) is 26.2 Å². The summed E-state index contributed by atoms with van der Waals surface area (Å²) in [6, 6.07) is 15.7. The summed E-state index contributed by atoms with van der Waals surface area (Å²) in [6.07, 6.45) is 3.16. The third-order valence-corrected chi connectivity index (χ3v) is 4.62. The largest absolute Gasteiger partial charge is 0.352 e. The fourth-order valence-corrected chi connectivity index (χ4v) is 2.98. The molecule has 0 aliphatic heterocycles. The first-order chi connectivity index (χ1) is 14.7. The molecule has 0 fully saturated rings. The lowest BCUT2D eigenvalue weighted by Crippen LogP contribution is -2.22. The average molecular weight is 405 g/mol. The van der Waals surface area contributed by atoms with Crippen molar-refractivity contribution in [2.24, 2.45) is 0 Å². The summed E-state index contributed by atoms with van der Waals surface area (Å²) in [5.41, 5.74) is 3.70. The van der Waals surface area contributed by atoms with E-state index < -0.39 is 0 Å². The zero-order valence-corrected chi connectivity index (χ0v) is 16.1. The molecule has 0 unspecified atom stereocenters. The standard InChI is InChI=1S/C22H20FN5O2/c23-18-10-8-17(9-11-18)22-26-21(30-28-22)3-1-2-20(29)24-14-15-4-6-16(7-5-15)19-12-13-25-27-19/h4-13H,1-3,14H2,(H,24,29)(H,25,27). The number of benzene rings is 2. The minimum Gasteiger partial charge on any atom is -0.352 e. The maximum Gasteiger partial charge on any atom is 0.226 e. The second-order valence-electron chi connectivity index (χ2n) is 6.82. The average Bonchev–Trinajstić information content (AvgIpc) is 3.46. The number of H-pyrrole nitrogens is 1. The highest BCUT2D eigenvalue weighted by Crippen LogP contribution is 2.18. The van der Waals surface area contributed by atoms with Gasteiger partial charge in [0.25, 0.3) is 0 Å². The van der Waals surface area contributed by atoms with Gasteiger partial charge in [0, 0.05) is 31.1 Å². The van der Waals surface area contributed by atoms with E-state index in [0.29, 0.717) is 43.1 Å². The number of nitrogens with zero attached hydrogens (tertiary/aromatic N) is 3. The topological polar surface area (TPSA) is 96.7 Å². The van der Waals surface area contributed by atoms with Crippen LogP contribution >= 0.6 is 0 Å². The van der Waals surface area contributed by atoms with Crippen molar-refractivity contribution in [1.29, 1.82) is 0 Å². The molecule has 2 aromatic carbocycles. The van der Waals surface area contributed by atoms with Gasteiger partial charge in [-0.3, -0.25) is 9.89 Å². The summed E-state index contributed by atoms with van der Waals surface area (Å²) < 4.78 is 18.2. The molecule has 0 aliphatic rings. The normalized spacial score (nSPS) is 10.8. The number of carbonyl (C=O) groups is 1. The lowest BCUT2D eigenvalue weighted by atomic mass is 10.1. The van der Waals surface area contributed by atoms with Crippen LogP contribution < -0.4 is 5.32 Å². The van der Waals surface area contributed by atoms with E-state index in [2.05, 4.69) is 25.7 Å². The molecule has 2 N–H and O–H groups in total. The van der Waals surface area contributed by atoms with E-state index in [-0.39, 0.29) is 11.7 Å². The number of aryl methyl sites for hydroxylation is 1. The number of hydrogen-bond acceptors (Lipinski definition) is 5. The quantitative estimate of drug-likeness (QED) is 0.463. The summed E-state index contributed by atoms with van der Waals surface area (Å²) in [6.45, 7) is 0.470. The van der Waals surface area contributed by atoms with Crippen molar-refractivity contribution in [1.82, 2.24) is 25.7 Å². The highest BCUT2D eigenvalue weighted by atomic mass is 19.1. The summed E-state index contributed by atoms with van der Waals surface area (Å²) >= 11 is 0. The van der Waals surface area contributed by atoms with Crippen LogP contribution in [0.3, 0.4) is 0 Å². The fourth-order valence-electron chi connectivity index (χ4n) is 2.98. The number of hydrogen-bond donors (Lipinski definition) is 2. The van der Waals surface area contributed by atoms with Crippen molar-refractivity contribution in [3.05, 3.63) is 78.1 Å². The minimum absolute atomic E-state index is 0.0362. The molecule has 152 valence electrons. The van der Waals surface area contributed by atoms with E-state index in [1.807, 2.05) is 30.3 Å². The van der Waals surface area contributed by atoms with E-state index in [0.717, 1.165) is 16.8 Å². The van der Waals surface area contributed by atoms with Crippen molar-refractivity contribution >= 4 is 5.91 Å². The fraction of sp³-hybridized carbons (Fsp3) is 0.182. The Bertz CT molecular complexity index is 1090. The molecule has 2 heterocycles. The molecule has 8 heteroatoms. The molecule has 0 spiro atoms. The van der Waals surface area contributed by atoms with Crippen LogP contribution in [0.4, 0.5) is 4.39 Å². The molecule has 0 radical (unpaired) electrons. The number of halogens is 1. The van der Waals surface area contributed by atoms with E-state index >= 15 is 0 Å². The van der Waals surface area contributed by atoms with Crippen LogP contribution in [0.2, 0.25) is 0 Å². The Hall–Kier alpha value is -3.81.